The number of nitrogens with zero attached hydrogens (tertiary/aromatic N) is 1. The Morgan fingerprint density at radius 2 is 2.41 bits per heavy atom. The topological polar surface area (TPSA) is 40.5 Å². The molecule has 1 aromatic rings. The molecular formula is C13H17NO2S. The number of hydrogen-bond donors (Lipinski definition) is 1. The first-order valence-corrected chi connectivity index (χ1v) is 6.89. The summed E-state index contributed by atoms with van der Waals surface area (Å²) in [6.07, 6.45) is 0.335. The summed E-state index contributed by atoms with van der Waals surface area (Å²) in [4.78, 5) is 15.0. The maximum Gasteiger partial charge on any atom is 0.253 e. The van der Waals surface area contributed by atoms with Crippen LogP contribution in [0, 0.1) is 0 Å². The molecule has 0 aliphatic carbocycles. The molecule has 1 fully saturated rings. The number of likely N-dealkylation sites (tertiary alicyclic amines) is 1. The summed E-state index contributed by atoms with van der Waals surface area (Å²) >= 11 is 1.73. The van der Waals surface area contributed by atoms with Crippen LogP contribution in [-0.2, 0) is 0 Å². The molecule has 1 atom stereocenters. The van der Waals surface area contributed by atoms with Gasteiger partial charge in [0.1, 0.15) is 0 Å². The van der Waals surface area contributed by atoms with Gasteiger partial charge >= 0.3 is 0 Å². The van der Waals surface area contributed by atoms with Gasteiger partial charge < -0.3 is 10.0 Å². The average Bonchev–Trinajstić information content (AvgIpc) is 2.76. The highest BCUT2D eigenvalue weighted by Crippen LogP contribution is 2.20. The van der Waals surface area contributed by atoms with Crippen molar-refractivity contribution in [1.29, 1.82) is 0 Å². The lowest BCUT2D eigenvalue weighted by Crippen LogP contribution is -2.29. The zero-order chi connectivity index (χ0) is 12.3. The molecule has 0 aromatic heterocycles. The normalized spacial score (nSPS) is 19.6. The molecule has 17 heavy (non-hydrogen) atoms. The van der Waals surface area contributed by atoms with Gasteiger partial charge in [-0.2, -0.15) is 0 Å². The Morgan fingerprint density at radius 1 is 1.59 bits per heavy atom. The number of aliphatic hydroxyl groups excluding tert-OH is 1. The molecule has 1 aliphatic heterocycles. The molecule has 1 saturated heterocycles. The predicted octanol–water partition coefficient (Wildman–Crippen LogP) is 2.01. The van der Waals surface area contributed by atoms with E-state index < -0.39 is 0 Å². The third-order valence-electron chi connectivity index (χ3n) is 2.84. The fraction of sp³-hybridized carbons (Fsp3) is 0.462. The molecule has 0 spiro atoms. The van der Waals surface area contributed by atoms with E-state index in [4.69, 9.17) is 0 Å². The Labute approximate surface area is 106 Å². The van der Waals surface area contributed by atoms with Crippen LogP contribution < -0.4 is 0 Å². The number of β-amino-alcohol motifs (C(OH)–C–C–N with tert-alkyl or cyclic N) is 1. The summed E-state index contributed by atoms with van der Waals surface area (Å²) < 4.78 is 0. The predicted molar refractivity (Wildman–Crippen MR) is 69.4 cm³/mol. The minimum atomic E-state index is -0.354. The van der Waals surface area contributed by atoms with Gasteiger partial charge in [-0.15, -0.1) is 11.8 Å². The quantitative estimate of drug-likeness (QED) is 0.835. The smallest absolute Gasteiger partial charge is 0.253 e. The first-order valence-electron chi connectivity index (χ1n) is 5.91. The highest BCUT2D eigenvalue weighted by atomic mass is 32.2. The molecule has 1 amide bonds. The van der Waals surface area contributed by atoms with Crippen LogP contribution in [0.4, 0.5) is 0 Å². The molecule has 2 rings (SSSR count). The van der Waals surface area contributed by atoms with E-state index >= 15 is 0 Å². The number of thioether (sulfide) groups is 1. The SMILES string of the molecule is CCSc1cccc(C(=O)N2CC[C@@H](O)C2)c1. The second-order valence-corrected chi connectivity index (χ2v) is 5.49. The maximum atomic E-state index is 12.2. The summed E-state index contributed by atoms with van der Waals surface area (Å²) in [5, 5.41) is 9.44. The standard InChI is InChI=1S/C13H17NO2S/c1-2-17-12-5-3-4-10(8-12)13(16)14-7-6-11(15)9-14/h3-5,8,11,15H,2,6-7,9H2,1H3/t11-/m1/s1. The molecule has 1 heterocycles. The van der Waals surface area contributed by atoms with E-state index in [9.17, 15) is 9.90 Å². The van der Waals surface area contributed by atoms with Crippen LogP contribution in [0.1, 0.15) is 23.7 Å². The summed E-state index contributed by atoms with van der Waals surface area (Å²) in [6.45, 7) is 3.21. The van der Waals surface area contributed by atoms with Crippen LogP contribution in [0.2, 0.25) is 0 Å². The Morgan fingerprint density at radius 3 is 3.06 bits per heavy atom. The number of benzene rings is 1. The summed E-state index contributed by atoms with van der Waals surface area (Å²) in [7, 11) is 0. The van der Waals surface area contributed by atoms with E-state index in [0.717, 1.165) is 16.2 Å². The van der Waals surface area contributed by atoms with Gasteiger partial charge in [-0.05, 0) is 30.4 Å². The number of rotatable bonds is 3. The lowest BCUT2D eigenvalue weighted by atomic mass is 10.2. The van der Waals surface area contributed by atoms with E-state index in [-0.39, 0.29) is 12.0 Å². The van der Waals surface area contributed by atoms with Crippen molar-refractivity contribution in [2.45, 2.75) is 24.3 Å². The summed E-state index contributed by atoms with van der Waals surface area (Å²) in [5.41, 5.74) is 0.720. The van der Waals surface area contributed by atoms with Crippen LogP contribution in [0.25, 0.3) is 0 Å². The lowest BCUT2D eigenvalue weighted by molar-refractivity contribution is 0.0764. The van der Waals surface area contributed by atoms with Crippen molar-refractivity contribution in [1.82, 2.24) is 4.90 Å². The third-order valence-corrected chi connectivity index (χ3v) is 3.72. The highest BCUT2D eigenvalue weighted by Gasteiger charge is 2.25. The molecule has 0 unspecified atom stereocenters. The first kappa shape index (κ1) is 12.5. The fourth-order valence-corrected chi connectivity index (χ4v) is 2.71. The minimum absolute atomic E-state index is 0.0279. The van der Waals surface area contributed by atoms with Crippen molar-refractivity contribution in [3.63, 3.8) is 0 Å². The van der Waals surface area contributed by atoms with Gasteiger partial charge in [0.15, 0.2) is 0 Å². The molecule has 1 N–H and O–H groups in total. The van der Waals surface area contributed by atoms with Crippen LogP contribution in [0.15, 0.2) is 29.2 Å². The highest BCUT2D eigenvalue weighted by molar-refractivity contribution is 7.99. The van der Waals surface area contributed by atoms with Crippen LogP contribution in [0.3, 0.4) is 0 Å². The number of carbonyl (C=O) groups is 1. The van der Waals surface area contributed by atoms with E-state index in [1.54, 1.807) is 16.7 Å². The first-order chi connectivity index (χ1) is 8.20. The van der Waals surface area contributed by atoms with Gasteiger partial charge in [0.25, 0.3) is 5.91 Å². The van der Waals surface area contributed by atoms with Crippen molar-refractivity contribution in [2.24, 2.45) is 0 Å². The van der Waals surface area contributed by atoms with E-state index in [1.807, 2.05) is 24.3 Å². The van der Waals surface area contributed by atoms with Gasteiger partial charge in [0.2, 0.25) is 0 Å². The Hall–Kier alpha value is -1.00. The summed E-state index contributed by atoms with van der Waals surface area (Å²) in [6, 6.07) is 7.70. The molecule has 0 radical (unpaired) electrons. The van der Waals surface area contributed by atoms with Gasteiger partial charge in [-0.1, -0.05) is 13.0 Å². The van der Waals surface area contributed by atoms with Crippen molar-refractivity contribution in [2.75, 3.05) is 18.8 Å². The lowest BCUT2D eigenvalue weighted by Gasteiger charge is -2.15. The molecule has 1 aromatic carbocycles. The Bertz CT molecular complexity index is 408. The van der Waals surface area contributed by atoms with Gasteiger partial charge in [-0.3, -0.25) is 4.79 Å². The number of aliphatic hydroxyl groups is 1. The van der Waals surface area contributed by atoms with Crippen molar-refractivity contribution < 1.29 is 9.90 Å². The van der Waals surface area contributed by atoms with Crippen molar-refractivity contribution >= 4 is 17.7 Å². The average molecular weight is 251 g/mol. The molecular weight excluding hydrogens is 234 g/mol. The van der Waals surface area contributed by atoms with Gasteiger partial charge in [-0.25, -0.2) is 0 Å². The van der Waals surface area contributed by atoms with Gasteiger partial charge in [0.05, 0.1) is 6.10 Å². The molecule has 0 bridgehead atoms. The molecule has 0 saturated carbocycles. The molecule has 3 nitrogen and oxygen atoms in total. The zero-order valence-corrected chi connectivity index (χ0v) is 10.7. The van der Waals surface area contributed by atoms with E-state index in [0.29, 0.717) is 19.5 Å². The Kier molecular flexibility index (Phi) is 4.07. The summed E-state index contributed by atoms with van der Waals surface area (Å²) in [5.74, 6) is 1.03. The Balaban J connectivity index is 2.10. The fourth-order valence-electron chi connectivity index (χ4n) is 1.99. The second-order valence-electron chi connectivity index (χ2n) is 4.15. The number of amides is 1. The van der Waals surface area contributed by atoms with Crippen LogP contribution in [0.5, 0.6) is 0 Å². The second kappa shape index (κ2) is 5.56. The zero-order valence-electron chi connectivity index (χ0n) is 9.93. The monoisotopic (exact) mass is 251 g/mol. The molecule has 4 heteroatoms. The van der Waals surface area contributed by atoms with E-state index in [2.05, 4.69) is 6.92 Å². The number of hydrogen-bond acceptors (Lipinski definition) is 3. The van der Waals surface area contributed by atoms with Crippen molar-refractivity contribution in [3.05, 3.63) is 29.8 Å². The van der Waals surface area contributed by atoms with E-state index in [1.165, 1.54) is 0 Å². The van der Waals surface area contributed by atoms with Crippen LogP contribution in [-0.4, -0.2) is 40.9 Å². The largest absolute Gasteiger partial charge is 0.391 e. The number of carbonyl (C=O) groups excluding carboxylic acids is 1. The maximum absolute atomic E-state index is 12.2. The molecule has 1 aliphatic rings. The van der Waals surface area contributed by atoms with Crippen LogP contribution >= 0.6 is 11.8 Å². The molecule has 92 valence electrons. The van der Waals surface area contributed by atoms with Gasteiger partial charge in [0, 0.05) is 23.5 Å². The minimum Gasteiger partial charge on any atom is -0.391 e. The third kappa shape index (κ3) is 3.01. The van der Waals surface area contributed by atoms with Crippen molar-refractivity contribution in [3.8, 4) is 0 Å².